The molecule has 6 fully saturated rings. The zero-order chi connectivity index (χ0) is 30.8. The largest absolute Gasteiger partial charge is 0.394 e. The Bertz CT molecular complexity index is 1630. The molecule has 6 saturated carbocycles. The number of aliphatic imine (C=N–C) groups is 1. The van der Waals surface area contributed by atoms with Crippen LogP contribution >= 0.6 is 11.6 Å². The number of carbonyl (C=O) groups is 1. The number of carbonyl (C=O) groups excluding carboxylic acids is 1. The zero-order valence-corrected chi connectivity index (χ0v) is 25.3. The minimum Gasteiger partial charge on any atom is -0.366 e. The molecule has 0 saturated heterocycles. The van der Waals surface area contributed by atoms with Crippen LogP contribution in [0, 0.1) is 22.1 Å². The van der Waals surface area contributed by atoms with Crippen molar-refractivity contribution in [3.63, 3.8) is 0 Å². The molecule has 0 radical (unpaired) electrons. The Morgan fingerprint density at radius 3 is 2.26 bits per heavy atom. The van der Waals surface area contributed by atoms with E-state index in [9.17, 15) is 30.8 Å². The fourth-order valence-electron chi connectivity index (χ4n) is 8.67. The molecule has 0 aromatic heterocycles. The van der Waals surface area contributed by atoms with E-state index < -0.39 is 55.4 Å². The van der Waals surface area contributed by atoms with Crippen LogP contribution in [0.1, 0.15) is 64.4 Å². The standard InChI is InChI=1S/C31H32ClF4N3O3S/c1-26(2)24(23(40)11-27-13-29(14-27,15-27)31(34,35)36)37-25(38-26)28-16-30(17-28,18-28)39(12-19-8-9-21(32)22(33)10-19)43(41,42)20-6-4-3-5-7-20/h3-10,24H,11-18H2,1-2H3,(H,37,38)/t24-,27?,28?,29?,30?/m0/s1. The monoisotopic (exact) mass is 637 g/mol. The van der Waals surface area contributed by atoms with Crippen molar-refractivity contribution in [3.05, 3.63) is 64.9 Å². The molecular formula is C31H32ClF4N3O3S. The topological polar surface area (TPSA) is 78.8 Å². The summed E-state index contributed by atoms with van der Waals surface area (Å²) < 4.78 is 83.6. The Balaban J connectivity index is 1.10. The average molecular weight is 638 g/mol. The first-order chi connectivity index (χ1) is 19.9. The molecule has 1 heterocycles. The van der Waals surface area contributed by atoms with E-state index in [2.05, 4.69) is 5.32 Å². The van der Waals surface area contributed by atoms with Gasteiger partial charge in [-0.15, -0.1) is 0 Å². The molecule has 4 bridgehead atoms. The second-order valence-corrected chi connectivity index (χ2v) is 16.6. The lowest BCUT2D eigenvalue weighted by Gasteiger charge is -2.73. The van der Waals surface area contributed by atoms with E-state index in [1.54, 1.807) is 24.3 Å². The molecule has 6 aliphatic carbocycles. The lowest BCUT2D eigenvalue weighted by molar-refractivity contribution is -0.362. The van der Waals surface area contributed by atoms with Crippen molar-refractivity contribution in [3.8, 4) is 0 Å². The third kappa shape index (κ3) is 4.16. The van der Waals surface area contributed by atoms with Crippen molar-refractivity contribution >= 4 is 33.2 Å². The molecular weight excluding hydrogens is 606 g/mol. The summed E-state index contributed by atoms with van der Waals surface area (Å²) >= 11 is 5.86. The summed E-state index contributed by atoms with van der Waals surface area (Å²) in [4.78, 5) is 18.4. The van der Waals surface area contributed by atoms with Gasteiger partial charge in [0.05, 0.1) is 20.9 Å². The van der Waals surface area contributed by atoms with Crippen LogP contribution in [0.25, 0.3) is 0 Å². The number of nitrogens with one attached hydrogen (secondary N) is 1. The second-order valence-electron chi connectivity index (χ2n) is 14.3. The number of hydrogen-bond donors (Lipinski definition) is 1. The fraction of sp³-hybridized carbons (Fsp3) is 0.548. The van der Waals surface area contributed by atoms with E-state index >= 15 is 0 Å². The Kier molecular flexibility index (Phi) is 5.99. The van der Waals surface area contributed by atoms with E-state index in [1.165, 1.54) is 28.6 Å². The molecule has 12 heteroatoms. The minimum atomic E-state index is -4.22. The predicted molar refractivity (Wildman–Crippen MR) is 152 cm³/mol. The first kappa shape index (κ1) is 29.2. The van der Waals surface area contributed by atoms with Gasteiger partial charge in [-0.1, -0.05) is 35.9 Å². The summed E-state index contributed by atoms with van der Waals surface area (Å²) in [6.45, 7) is 3.71. The van der Waals surface area contributed by atoms with Gasteiger partial charge in [-0.05, 0) is 87.6 Å². The molecule has 0 spiro atoms. The van der Waals surface area contributed by atoms with Crippen LogP contribution in [0.2, 0.25) is 5.02 Å². The summed E-state index contributed by atoms with van der Waals surface area (Å²) in [7, 11) is -3.94. The number of nitrogens with zero attached hydrogens (tertiary/aromatic N) is 2. The van der Waals surface area contributed by atoms with E-state index in [1.807, 2.05) is 13.8 Å². The van der Waals surface area contributed by atoms with Gasteiger partial charge >= 0.3 is 6.18 Å². The number of amidine groups is 1. The van der Waals surface area contributed by atoms with Crippen LogP contribution < -0.4 is 5.32 Å². The summed E-state index contributed by atoms with van der Waals surface area (Å²) in [6.07, 6.45) is -2.61. The van der Waals surface area contributed by atoms with Gasteiger partial charge in [0.1, 0.15) is 17.7 Å². The Labute approximate surface area is 252 Å². The van der Waals surface area contributed by atoms with E-state index in [0.717, 1.165) is 0 Å². The number of ketones is 1. The maximum atomic E-state index is 14.3. The molecule has 2 aromatic rings. The van der Waals surface area contributed by atoms with Crippen molar-refractivity contribution in [1.82, 2.24) is 9.62 Å². The quantitative estimate of drug-likeness (QED) is 0.321. The third-order valence-corrected chi connectivity index (χ3v) is 12.9. The summed E-state index contributed by atoms with van der Waals surface area (Å²) in [5.74, 6) is -0.112. The molecule has 43 heavy (non-hydrogen) atoms. The van der Waals surface area contributed by atoms with Gasteiger partial charge < -0.3 is 5.32 Å². The third-order valence-electron chi connectivity index (χ3n) is 10.7. The van der Waals surface area contributed by atoms with Gasteiger partial charge in [0.25, 0.3) is 0 Å². The van der Waals surface area contributed by atoms with Crippen molar-refractivity contribution in [2.45, 2.75) is 93.5 Å². The predicted octanol–water partition coefficient (Wildman–Crippen LogP) is 6.43. The molecule has 0 amide bonds. The molecule has 7 aliphatic rings. The van der Waals surface area contributed by atoms with Gasteiger partial charge in [0, 0.05) is 23.9 Å². The lowest BCUT2D eigenvalue weighted by atomic mass is 9.33. The molecule has 1 aliphatic heterocycles. The van der Waals surface area contributed by atoms with Crippen LogP contribution in [0.4, 0.5) is 17.6 Å². The number of benzene rings is 2. The van der Waals surface area contributed by atoms with E-state index in [-0.39, 0.29) is 47.9 Å². The Hall–Kier alpha value is -2.50. The highest BCUT2D eigenvalue weighted by Crippen LogP contribution is 2.80. The molecule has 0 unspecified atom stereocenters. The first-order valence-corrected chi connectivity index (χ1v) is 16.2. The summed E-state index contributed by atoms with van der Waals surface area (Å²) in [5.41, 5.74) is -3.51. The number of rotatable bonds is 9. The Morgan fingerprint density at radius 2 is 1.67 bits per heavy atom. The Morgan fingerprint density at radius 1 is 1.05 bits per heavy atom. The highest BCUT2D eigenvalue weighted by Gasteiger charge is 2.79. The summed E-state index contributed by atoms with van der Waals surface area (Å²) in [5, 5.41) is 3.37. The number of halogens is 5. The SMILES string of the molecule is CC1(C)NC(C23CC(N(Cc4ccc(Cl)c(F)c4)S(=O)(=O)c4ccccc4)(C2)C3)=N[C@H]1C(=O)CC12CC(C(F)(F)F)(C1)C2. The zero-order valence-electron chi connectivity index (χ0n) is 23.8. The normalized spacial score (nSPS) is 35.2. The van der Waals surface area contributed by atoms with Crippen LogP contribution in [0.5, 0.6) is 0 Å². The van der Waals surface area contributed by atoms with Crippen molar-refractivity contribution in [2.24, 2.45) is 21.2 Å². The summed E-state index contributed by atoms with van der Waals surface area (Å²) in [6, 6.07) is 11.7. The van der Waals surface area contributed by atoms with E-state index in [4.69, 9.17) is 16.6 Å². The van der Waals surface area contributed by atoms with Crippen molar-refractivity contribution in [2.75, 3.05) is 0 Å². The highest BCUT2D eigenvalue weighted by molar-refractivity contribution is 7.89. The second kappa shape index (κ2) is 8.81. The van der Waals surface area contributed by atoms with Crippen molar-refractivity contribution in [1.29, 1.82) is 0 Å². The molecule has 2 aromatic carbocycles. The van der Waals surface area contributed by atoms with E-state index in [0.29, 0.717) is 30.7 Å². The first-order valence-electron chi connectivity index (χ1n) is 14.4. The molecule has 1 N–H and O–H groups in total. The molecule has 230 valence electrons. The minimum absolute atomic E-state index is 0.0160. The van der Waals surface area contributed by atoms with Gasteiger partial charge in [-0.25, -0.2) is 12.8 Å². The molecule has 1 atom stereocenters. The number of sulfonamides is 1. The number of alkyl halides is 3. The van der Waals surface area contributed by atoms with Crippen LogP contribution in [-0.2, 0) is 21.4 Å². The maximum Gasteiger partial charge on any atom is 0.394 e. The van der Waals surface area contributed by atoms with Crippen LogP contribution in [0.15, 0.2) is 58.4 Å². The van der Waals surface area contributed by atoms with Gasteiger partial charge in [-0.2, -0.15) is 17.5 Å². The fourth-order valence-corrected chi connectivity index (χ4v) is 10.6. The van der Waals surface area contributed by atoms with Gasteiger partial charge in [0.2, 0.25) is 10.0 Å². The lowest BCUT2D eigenvalue weighted by Crippen LogP contribution is -2.78. The maximum absolute atomic E-state index is 14.3. The number of Topliss-reactive ketones (excluding diaryl/α,β-unsaturated/α-hetero) is 1. The molecule has 6 nitrogen and oxygen atoms in total. The van der Waals surface area contributed by atoms with Crippen LogP contribution in [-0.4, -0.2) is 47.6 Å². The highest BCUT2D eigenvalue weighted by atomic mass is 35.5. The average Bonchev–Trinajstić information content (AvgIpc) is 3.14. The van der Waals surface area contributed by atoms with Crippen molar-refractivity contribution < 1.29 is 30.8 Å². The number of hydrogen-bond acceptors (Lipinski definition) is 5. The van der Waals surface area contributed by atoms with Gasteiger partial charge in [-0.3, -0.25) is 9.79 Å². The van der Waals surface area contributed by atoms with Gasteiger partial charge in [0.15, 0.2) is 5.78 Å². The molecule has 9 rings (SSSR count). The van der Waals surface area contributed by atoms with Crippen LogP contribution in [0.3, 0.4) is 0 Å². The smallest absolute Gasteiger partial charge is 0.366 e.